The summed E-state index contributed by atoms with van der Waals surface area (Å²) in [7, 11) is 0. The number of fused-ring (bicyclic) bond motifs is 3. The number of ether oxygens (including phenoxy) is 1. The number of anilines is 1. The molecule has 2 amide bonds. The number of aromatic nitrogens is 1. The van der Waals surface area contributed by atoms with Crippen molar-refractivity contribution >= 4 is 17.7 Å². The number of hydrogen-bond acceptors (Lipinski definition) is 7. The van der Waals surface area contributed by atoms with Gasteiger partial charge in [-0.2, -0.15) is 0 Å². The number of aryl methyl sites for hydroxylation is 1. The predicted octanol–water partition coefficient (Wildman–Crippen LogP) is 3.26. The van der Waals surface area contributed by atoms with E-state index in [1.807, 2.05) is 18.2 Å². The molecule has 0 bridgehead atoms. The first kappa shape index (κ1) is 19.2. The third-order valence-corrected chi connectivity index (χ3v) is 5.66. The van der Waals surface area contributed by atoms with Gasteiger partial charge in [0.1, 0.15) is 24.3 Å². The fourth-order valence-corrected chi connectivity index (χ4v) is 4.16. The highest BCUT2D eigenvalue weighted by Crippen LogP contribution is 2.41. The van der Waals surface area contributed by atoms with Gasteiger partial charge >= 0.3 is 6.09 Å². The van der Waals surface area contributed by atoms with Gasteiger partial charge in [0.2, 0.25) is 5.91 Å². The first-order valence-electron chi connectivity index (χ1n) is 10.1. The number of rotatable bonds is 4. The number of benzene rings is 1. The summed E-state index contributed by atoms with van der Waals surface area (Å²) in [4.78, 5) is 25.1. The van der Waals surface area contributed by atoms with Crippen molar-refractivity contribution in [3.63, 3.8) is 0 Å². The Morgan fingerprint density at radius 3 is 2.94 bits per heavy atom. The van der Waals surface area contributed by atoms with E-state index in [9.17, 15) is 14.7 Å². The van der Waals surface area contributed by atoms with Crippen LogP contribution in [0.4, 0.5) is 10.5 Å². The number of carbonyl (C=O) groups excluding carboxylic acids is 2. The molecule has 2 N–H and O–H groups in total. The molecular formula is C22H21N3O6. The van der Waals surface area contributed by atoms with Crippen LogP contribution in [0.2, 0.25) is 0 Å². The molecule has 3 aromatic rings. The lowest BCUT2D eigenvalue weighted by molar-refractivity contribution is -0.119. The monoisotopic (exact) mass is 423 g/mol. The van der Waals surface area contributed by atoms with E-state index in [1.54, 1.807) is 4.90 Å². The van der Waals surface area contributed by atoms with Crippen LogP contribution in [0.1, 0.15) is 24.5 Å². The van der Waals surface area contributed by atoms with Gasteiger partial charge in [0.15, 0.2) is 11.5 Å². The summed E-state index contributed by atoms with van der Waals surface area (Å²) >= 11 is 0. The van der Waals surface area contributed by atoms with Crippen molar-refractivity contribution in [1.29, 1.82) is 0 Å². The maximum atomic E-state index is 12.4. The van der Waals surface area contributed by atoms with Gasteiger partial charge in [0.05, 0.1) is 18.7 Å². The molecule has 2 aliphatic rings. The molecule has 160 valence electrons. The molecule has 5 rings (SSSR count). The van der Waals surface area contributed by atoms with E-state index in [0.717, 1.165) is 41.6 Å². The number of aromatic hydroxyl groups is 1. The molecule has 1 fully saturated rings. The number of carbonyl (C=O) groups is 2. The average Bonchev–Trinajstić information content (AvgIpc) is 3.42. The summed E-state index contributed by atoms with van der Waals surface area (Å²) in [6, 6.07) is 5.75. The number of furan rings is 1. The number of cyclic esters (lactones) is 1. The van der Waals surface area contributed by atoms with E-state index in [4.69, 9.17) is 13.7 Å². The van der Waals surface area contributed by atoms with Crippen LogP contribution in [0.3, 0.4) is 0 Å². The zero-order valence-electron chi connectivity index (χ0n) is 16.9. The van der Waals surface area contributed by atoms with Gasteiger partial charge < -0.3 is 24.1 Å². The average molecular weight is 423 g/mol. The molecular weight excluding hydrogens is 402 g/mol. The van der Waals surface area contributed by atoms with E-state index in [2.05, 4.69) is 10.5 Å². The lowest BCUT2D eigenvalue weighted by Gasteiger charge is -2.15. The summed E-state index contributed by atoms with van der Waals surface area (Å²) in [5.41, 5.74) is 4.73. The summed E-state index contributed by atoms with van der Waals surface area (Å²) in [6.45, 7) is 2.08. The Kier molecular flexibility index (Phi) is 4.65. The first-order chi connectivity index (χ1) is 15.0. The van der Waals surface area contributed by atoms with E-state index in [0.29, 0.717) is 23.6 Å². The zero-order chi connectivity index (χ0) is 21.5. The van der Waals surface area contributed by atoms with Crippen LogP contribution >= 0.6 is 0 Å². The second-order valence-corrected chi connectivity index (χ2v) is 7.76. The summed E-state index contributed by atoms with van der Waals surface area (Å²) in [5, 5.41) is 16.9. The molecule has 1 aromatic carbocycles. The SMILES string of the molecule is CC(=O)NC[C@H]1CN(c2ccc3c(c2)CCCc2c(-c4cocc4O)noc2-3)C(=O)O1. The second kappa shape index (κ2) is 7.50. The highest BCUT2D eigenvalue weighted by molar-refractivity contribution is 5.91. The largest absolute Gasteiger partial charge is 0.504 e. The van der Waals surface area contributed by atoms with Crippen molar-refractivity contribution in [3.8, 4) is 28.3 Å². The Labute approximate surface area is 177 Å². The van der Waals surface area contributed by atoms with Gasteiger partial charge in [-0.25, -0.2) is 4.79 Å². The van der Waals surface area contributed by atoms with Gasteiger partial charge in [-0.15, -0.1) is 0 Å². The summed E-state index contributed by atoms with van der Waals surface area (Å²) < 4.78 is 16.1. The van der Waals surface area contributed by atoms with E-state index >= 15 is 0 Å². The minimum atomic E-state index is -0.429. The Morgan fingerprint density at radius 2 is 2.16 bits per heavy atom. The van der Waals surface area contributed by atoms with Crippen LogP contribution in [0.15, 0.2) is 39.7 Å². The Hall–Kier alpha value is -3.75. The van der Waals surface area contributed by atoms with Crippen molar-refractivity contribution < 1.29 is 28.4 Å². The maximum Gasteiger partial charge on any atom is 0.414 e. The molecule has 3 heterocycles. The lowest BCUT2D eigenvalue weighted by atomic mass is 10.0. The summed E-state index contributed by atoms with van der Waals surface area (Å²) in [5.74, 6) is 0.532. The van der Waals surface area contributed by atoms with Crippen LogP contribution in [0.25, 0.3) is 22.6 Å². The molecule has 1 aliphatic carbocycles. The molecule has 0 radical (unpaired) electrons. The highest BCUT2D eigenvalue weighted by atomic mass is 16.6. The predicted molar refractivity (Wildman–Crippen MR) is 110 cm³/mol. The molecule has 0 saturated carbocycles. The minimum absolute atomic E-state index is 0.0253. The molecule has 0 spiro atoms. The Morgan fingerprint density at radius 1 is 1.29 bits per heavy atom. The standard InChI is InChI=1S/C22H21N3O6/c1-12(26)23-8-15-9-25(22(28)30-15)14-5-6-16-13(7-14)3-2-4-17-20(24-31-21(16)17)18-10-29-11-19(18)27/h5-7,10-11,15,27H,2-4,8-9H2,1H3,(H,23,26)/t15-/m0/s1. The van der Waals surface area contributed by atoms with E-state index in [1.165, 1.54) is 19.5 Å². The number of nitrogens with zero attached hydrogens (tertiary/aromatic N) is 2. The molecule has 9 heteroatoms. The maximum absolute atomic E-state index is 12.4. The van der Waals surface area contributed by atoms with Gasteiger partial charge in [-0.1, -0.05) is 5.16 Å². The van der Waals surface area contributed by atoms with Crippen molar-refractivity contribution in [2.24, 2.45) is 0 Å². The zero-order valence-corrected chi connectivity index (χ0v) is 16.9. The normalized spacial score (nSPS) is 17.6. The Bertz CT molecular complexity index is 1160. The fraction of sp³-hybridized carbons (Fsp3) is 0.318. The van der Waals surface area contributed by atoms with Crippen LogP contribution in [0.5, 0.6) is 5.75 Å². The van der Waals surface area contributed by atoms with Crippen LogP contribution in [-0.4, -0.2) is 41.5 Å². The second-order valence-electron chi connectivity index (χ2n) is 7.76. The minimum Gasteiger partial charge on any atom is -0.504 e. The van der Waals surface area contributed by atoms with Crippen LogP contribution in [0, 0.1) is 0 Å². The van der Waals surface area contributed by atoms with Gasteiger partial charge in [-0.3, -0.25) is 9.69 Å². The third-order valence-electron chi connectivity index (χ3n) is 5.66. The summed E-state index contributed by atoms with van der Waals surface area (Å²) in [6.07, 6.45) is 4.32. The lowest BCUT2D eigenvalue weighted by Crippen LogP contribution is -2.33. The van der Waals surface area contributed by atoms with Crippen LogP contribution in [-0.2, 0) is 22.4 Å². The molecule has 1 aliphatic heterocycles. The topological polar surface area (TPSA) is 118 Å². The van der Waals surface area contributed by atoms with Gasteiger partial charge in [0, 0.05) is 23.7 Å². The molecule has 31 heavy (non-hydrogen) atoms. The fourth-order valence-electron chi connectivity index (χ4n) is 4.16. The molecule has 9 nitrogen and oxygen atoms in total. The molecule has 2 aromatic heterocycles. The molecule has 0 unspecified atom stereocenters. The smallest absolute Gasteiger partial charge is 0.414 e. The van der Waals surface area contributed by atoms with Gasteiger partial charge in [-0.05, 0) is 43.0 Å². The number of nitrogens with one attached hydrogen (secondary N) is 1. The first-order valence-corrected chi connectivity index (χ1v) is 10.1. The number of amides is 2. The highest BCUT2D eigenvalue weighted by Gasteiger charge is 2.33. The van der Waals surface area contributed by atoms with Crippen molar-refractivity contribution in [3.05, 3.63) is 41.9 Å². The van der Waals surface area contributed by atoms with Crippen molar-refractivity contribution in [2.75, 3.05) is 18.0 Å². The molecule has 1 saturated heterocycles. The molecule has 1 atom stereocenters. The quantitative estimate of drug-likeness (QED) is 0.661. The van der Waals surface area contributed by atoms with E-state index < -0.39 is 6.09 Å². The van der Waals surface area contributed by atoms with Crippen molar-refractivity contribution in [2.45, 2.75) is 32.3 Å². The Balaban J connectivity index is 1.44. The number of hydrogen-bond donors (Lipinski definition) is 2. The van der Waals surface area contributed by atoms with Gasteiger partial charge in [0.25, 0.3) is 0 Å². The van der Waals surface area contributed by atoms with Crippen LogP contribution < -0.4 is 10.2 Å². The van der Waals surface area contributed by atoms with E-state index in [-0.39, 0.29) is 24.3 Å². The third kappa shape index (κ3) is 3.41. The van der Waals surface area contributed by atoms with Crippen molar-refractivity contribution in [1.82, 2.24) is 10.5 Å².